The lowest BCUT2D eigenvalue weighted by molar-refractivity contribution is 0.0951. The van der Waals surface area contributed by atoms with Crippen LogP contribution in [0, 0.1) is 6.92 Å². The van der Waals surface area contributed by atoms with E-state index in [9.17, 15) is 4.79 Å². The number of fused-ring (bicyclic) bond motifs is 2. The van der Waals surface area contributed by atoms with Crippen molar-refractivity contribution in [3.8, 4) is 0 Å². The number of aryl methyl sites for hydroxylation is 1. The average molecular weight is 458 g/mol. The highest BCUT2D eigenvalue weighted by Crippen LogP contribution is 2.49. The number of nitrogens with zero attached hydrogens (tertiary/aromatic N) is 2. The Hall–Kier alpha value is -2.76. The molecule has 0 spiro atoms. The van der Waals surface area contributed by atoms with Crippen molar-refractivity contribution in [1.82, 2.24) is 10.2 Å². The molecular weight excluding hydrogens is 426 g/mol. The van der Waals surface area contributed by atoms with Gasteiger partial charge in [-0.1, -0.05) is 48.2 Å². The Kier molecular flexibility index (Phi) is 6.43. The van der Waals surface area contributed by atoms with E-state index >= 15 is 0 Å². The minimum Gasteiger partial charge on any atom is -0.348 e. The molecule has 0 aliphatic carbocycles. The van der Waals surface area contributed by atoms with Gasteiger partial charge in [0, 0.05) is 34.5 Å². The maximum atomic E-state index is 13.1. The monoisotopic (exact) mass is 457 g/mol. The highest BCUT2D eigenvalue weighted by molar-refractivity contribution is 7.99. The maximum absolute atomic E-state index is 13.1. The predicted molar refractivity (Wildman–Crippen MR) is 137 cm³/mol. The molecule has 0 aromatic heterocycles. The molecule has 5 heteroatoms. The summed E-state index contributed by atoms with van der Waals surface area (Å²) < 4.78 is 0. The molecule has 1 N–H and O–H groups in total. The van der Waals surface area contributed by atoms with Gasteiger partial charge in [0.25, 0.3) is 5.91 Å². The van der Waals surface area contributed by atoms with E-state index in [0.717, 1.165) is 17.8 Å². The third kappa shape index (κ3) is 4.66. The van der Waals surface area contributed by atoms with E-state index in [1.165, 1.54) is 47.0 Å². The van der Waals surface area contributed by atoms with Crippen LogP contribution in [0.1, 0.15) is 41.3 Å². The van der Waals surface area contributed by atoms with Crippen LogP contribution in [0.3, 0.4) is 0 Å². The van der Waals surface area contributed by atoms with Crippen molar-refractivity contribution in [3.63, 3.8) is 0 Å². The quantitative estimate of drug-likeness (QED) is 0.492. The van der Waals surface area contributed by atoms with Crippen molar-refractivity contribution < 1.29 is 4.79 Å². The van der Waals surface area contributed by atoms with Crippen LogP contribution in [0.25, 0.3) is 0 Å². The van der Waals surface area contributed by atoms with Crippen LogP contribution < -0.4 is 10.2 Å². The average Bonchev–Trinajstić information content (AvgIpc) is 3.34. The first-order valence-electron chi connectivity index (χ1n) is 11.9. The lowest BCUT2D eigenvalue weighted by Crippen LogP contribution is -2.40. The van der Waals surface area contributed by atoms with Crippen LogP contribution in [0.2, 0.25) is 0 Å². The second kappa shape index (κ2) is 9.62. The van der Waals surface area contributed by atoms with E-state index in [2.05, 4.69) is 77.5 Å². The smallest absolute Gasteiger partial charge is 0.251 e. The van der Waals surface area contributed by atoms with Gasteiger partial charge in [0.2, 0.25) is 0 Å². The molecule has 2 heterocycles. The van der Waals surface area contributed by atoms with Gasteiger partial charge in [-0.3, -0.25) is 4.79 Å². The molecule has 3 aromatic carbocycles. The number of likely N-dealkylation sites (tertiary alicyclic amines) is 1. The number of anilines is 2. The third-order valence-corrected chi connectivity index (χ3v) is 7.82. The molecular formula is C28H31N3OS. The number of carbonyl (C=O) groups is 1. The second-order valence-electron chi connectivity index (χ2n) is 9.09. The lowest BCUT2D eigenvalue weighted by Gasteiger charge is -2.39. The largest absolute Gasteiger partial charge is 0.348 e. The molecule has 1 amide bonds. The lowest BCUT2D eigenvalue weighted by atomic mass is 10.1. The third-order valence-electron chi connectivity index (χ3n) is 6.69. The summed E-state index contributed by atoms with van der Waals surface area (Å²) in [7, 11) is 0. The van der Waals surface area contributed by atoms with Gasteiger partial charge in [-0.2, -0.15) is 0 Å². The van der Waals surface area contributed by atoms with Crippen LogP contribution >= 0.6 is 11.8 Å². The van der Waals surface area contributed by atoms with E-state index in [0.29, 0.717) is 18.2 Å². The fourth-order valence-corrected chi connectivity index (χ4v) is 5.96. The molecule has 0 radical (unpaired) electrons. The number of para-hydroxylation sites is 1. The normalized spacial score (nSPS) is 16.2. The number of carbonyl (C=O) groups excluding carboxylic acids is 1. The molecule has 1 fully saturated rings. The second-order valence-corrected chi connectivity index (χ2v) is 10.2. The fourth-order valence-electron chi connectivity index (χ4n) is 4.91. The number of benzene rings is 3. The Labute approximate surface area is 201 Å². The summed E-state index contributed by atoms with van der Waals surface area (Å²) in [5.74, 6) is -0.0305. The van der Waals surface area contributed by atoms with Crippen molar-refractivity contribution >= 4 is 29.0 Å². The van der Waals surface area contributed by atoms with Gasteiger partial charge >= 0.3 is 0 Å². The number of hydrogen-bond acceptors (Lipinski definition) is 4. The Balaban J connectivity index is 1.42. The summed E-state index contributed by atoms with van der Waals surface area (Å²) >= 11 is 1.79. The van der Waals surface area contributed by atoms with Crippen molar-refractivity contribution in [2.24, 2.45) is 0 Å². The number of hydrogen-bond donors (Lipinski definition) is 1. The van der Waals surface area contributed by atoms with Crippen molar-refractivity contribution in [1.29, 1.82) is 0 Å². The standard InChI is InChI=1S/C28H31N3OS/c1-20-9-3-4-10-23(20)18-29-28(32)22-13-14-27-25(17-22)31(21(2)19-30-15-7-8-16-30)24-11-5-6-12-26(24)33-27/h3-6,9-14,17,21H,7-8,15-16,18-19H2,1-2H3,(H,29,32)/t21-/m1/s1. The summed E-state index contributed by atoms with van der Waals surface area (Å²) in [5.41, 5.74) is 5.42. The molecule has 4 nitrogen and oxygen atoms in total. The molecule has 33 heavy (non-hydrogen) atoms. The van der Waals surface area contributed by atoms with Gasteiger partial charge in [0.15, 0.2) is 0 Å². The highest BCUT2D eigenvalue weighted by atomic mass is 32.2. The summed E-state index contributed by atoms with van der Waals surface area (Å²) in [6.45, 7) is 8.32. The van der Waals surface area contributed by atoms with E-state index in [-0.39, 0.29) is 5.91 Å². The van der Waals surface area contributed by atoms with Gasteiger partial charge in [-0.15, -0.1) is 0 Å². The molecule has 2 aliphatic heterocycles. The Morgan fingerprint density at radius 3 is 2.52 bits per heavy atom. The zero-order valence-electron chi connectivity index (χ0n) is 19.4. The minimum atomic E-state index is -0.0305. The summed E-state index contributed by atoms with van der Waals surface area (Å²) in [6, 6.07) is 23.3. The van der Waals surface area contributed by atoms with Gasteiger partial charge in [-0.05, 0) is 81.2 Å². The number of nitrogens with one attached hydrogen (secondary N) is 1. The number of amides is 1. The molecule has 1 saturated heterocycles. The molecule has 1 atom stereocenters. The SMILES string of the molecule is Cc1ccccc1CNC(=O)c1ccc2c(c1)N([C@H](C)CN1CCCC1)c1ccccc1S2. The van der Waals surface area contributed by atoms with Gasteiger partial charge in [0.05, 0.1) is 11.4 Å². The van der Waals surface area contributed by atoms with E-state index in [1.807, 2.05) is 18.2 Å². The van der Waals surface area contributed by atoms with Crippen molar-refractivity contribution in [3.05, 3.63) is 83.4 Å². The zero-order valence-corrected chi connectivity index (χ0v) is 20.2. The van der Waals surface area contributed by atoms with Gasteiger partial charge < -0.3 is 15.1 Å². The maximum Gasteiger partial charge on any atom is 0.251 e. The summed E-state index contributed by atoms with van der Waals surface area (Å²) in [4.78, 5) is 20.6. The van der Waals surface area contributed by atoms with Crippen LogP contribution in [0.5, 0.6) is 0 Å². The first-order chi connectivity index (χ1) is 16.1. The van der Waals surface area contributed by atoms with Gasteiger partial charge in [-0.25, -0.2) is 0 Å². The number of rotatable bonds is 6. The molecule has 0 saturated carbocycles. The van der Waals surface area contributed by atoms with E-state index < -0.39 is 0 Å². The summed E-state index contributed by atoms with van der Waals surface area (Å²) in [6.07, 6.45) is 2.59. The minimum absolute atomic E-state index is 0.0305. The van der Waals surface area contributed by atoms with Crippen LogP contribution in [0.4, 0.5) is 11.4 Å². The first-order valence-corrected chi connectivity index (χ1v) is 12.7. The Morgan fingerprint density at radius 2 is 1.70 bits per heavy atom. The Morgan fingerprint density at radius 1 is 0.970 bits per heavy atom. The van der Waals surface area contributed by atoms with E-state index in [1.54, 1.807) is 11.8 Å². The van der Waals surface area contributed by atoms with Crippen molar-refractivity contribution in [2.45, 2.75) is 49.1 Å². The van der Waals surface area contributed by atoms with Crippen molar-refractivity contribution in [2.75, 3.05) is 24.5 Å². The fraction of sp³-hybridized carbons (Fsp3) is 0.321. The molecule has 170 valence electrons. The van der Waals surface area contributed by atoms with E-state index in [4.69, 9.17) is 0 Å². The van der Waals surface area contributed by atoms with Crippen LogP contribution in [0.15, 0.2) is 76.5 Å². The zero-order chi connectivity index (χ0) is 22.8. The molecule has 3 aromatic rings. The summed E-state index contributed by atoms with van der Waals surface area (Å²) in [5, 5.41) is 3.11. The molecule has 2 aliphatic rings. The predicted octanol–water partition coefficient (Wildman–Crippen LogP) is 6.01. The Bertz CT molecular complexity index is 1160. The first kappa shape index (κ1) is 22.1. The molecule has 0 unspecified atom stereocenters. The van der Waals surface area contributed by atoms with Gasteiger partial charge in [0.1, 0.15) is 0 Å². The topological polar surface area (TPSA) is 35.6 Å². The highest BCUT2D eigenvalue weighted by Gasteiger charge is 2.29. The molecule has 5 rings (SSSR count). The van der Waals surface area contributed by atoms with Crippen LogP contribution in [-0.4, -0.2) is 36.5 Å². The molecule has 0 bridgehead atoms. The van der Waals surface area contributed by atoms with Crippen LogP contribution in [-0.2, 0) is 6.54 Å².